The molecular weight excluding hydrogens is 352 g/mol. The van der Waals surface area contributed by atoms with Crippen LogP contribution in [-0.2, 0) is 16.4 Å². The van der Waals surface area contributed by atoms with Crippen molar-refractivity contribution in [2.24, 2.45) is 4.99 Å². The summed E-state index contributed by atoms with van der Waals surface area (Å²) in [5.74, 6) is 0.829. The number of benzene rings is 1. The van der Waals surface area contributed by atoms with Crippen molar-refractivity contribution in [2.75, 3.05) is 18.6 Å². The minimum Gasteiger partial charge on any atom is -0.353 e. The fourth-order valence-corrected chi connectivity index (χ4v) is 4.39. The average molecular weight is 381 g/mol. The van der Waals surface area contributed by atoms with Gasteiger partial charge in [-0.3, -0.25) is 9.79 Å². The van der Waals surface area contributed by atoms with E-state index in [1.165, 1.54) is 0 Å². The molecular formula is C18H28N4O3S. The first-order chi connectivity index (χ1) is 12.3. The van der Waals surface area contributed by atoms with Crippen LogP contribution in [0.5, 0.6) is 0 Å². The van der Waals surface area contributed by atoms with E-state index in [2.05, 4.69) is 20.9 Å². The van der Waals surface area contributed by atoms with Gasteiger partial charge in [-0.2, -0.15) is 0 Å². The molecule has 2 atom stereocenters. The highest BCUT2D eigenvalue weighted by Gasteiger charge is 2.28. The molecule has 3 N–H and O–H groups in total. The summed E-state index contributed by atoms with van der Waals surface area (Å²) >= 11 is 0. The van der Waals surface area contributed by atoms with Crippen LogP contribution in [0.15, 0.2) is 29.3 Å². The van der Waals surface area contributed by atoms with Gasteiger partial charge in [0.25, 0.3) is 5.91 Å². The van der Waals surface area contributed by atoms with Gasteiger partial charge in [0.05, 0.1) is 11.5 Å². The van der Waals surface area contributed by atoms with Crippen LogP contribution in [0, 0.1) is 0 Å². The summed E-state index contributed by atoms with van der Waals surface area (Å²) in [5, 5.41) is 9.27. The highest BCUT2D eigenvalue weighted by Crippen LogP contribution is 2.11. The summed E-state index contributed by atoms with van der Waals surface area (Å²) in [6, 6.07) is 7.44. The van der Waals surface area contributed by atoms with Crippen molar-refractivity contribution in [3.8, 4) is 0 Å². The fraction of sp³-hybridized carbons (Fsp3) is 0.556. The summed E-state index contributed by atoms with van der Waals surface area (Å²) in [6.45, 7) is 4.49. The highest BCUT2D eigenvalue weighted by molar-refractivity contribution is 7.91. The van der Waals surface area contributed by atoms with Crippen molar-refractivity contribution >= 4 is 21.7 Å². The first-order valence-electron chi connectivity index (χ1n) is 8.90. The molecule has 26 heavy (non-hydrogen) atoms. The summed E-state index contributed by atoms with van der Waals surface area (Å²) in [4.78, 5) is 16.4. The van der Waals surface area contributed by atoms with Gasteiger partial charge >= 0.3 is 0 Å². The van der Waals surface area contributed by atoms with Crippen LogP contribution < -0.4 is 16.0 Å². The summed E-state index contributed by atoms with van der Waals surface area (Å²) in [7, 11) is -1.29. The van der Waals surface area contributed by atoms with E-state index >= 15 is 0 Å². The van der Waals surface area contributed by atoms with Gasteiger partial charge < -0.3 is 16.0 Å². The Hall–Kier alpha value is -2.09. The molecule has 1 aromatic rings. The Labute approximate surface area is 155 Å². The van der Waals surface area contributed by atoms with Gasteiger partial charge in [0, 0.05) is 31.2 Å². The van der Waals surface area contributed by atoms with Gasteiger partial charge in [-0.25, -0.2) is 8.42 Å². The molecule has 8 heteroatoms. The van der Waals surface area contributed by atoms with Crippen LogP contribution in [-0.4, -0.2) is 50.9 Å². The third-order valence-electron chi connectivity index (χ3n) is 4.44. The predicted molar refractivity (Wildman–Crippen MR) is 104 cm³/mol. The number of nitrogens with one attached hydrogen (secondary N) is 3. The molecule has 2 rings (SSSR count). The first-order valence-corrected chi connectivity index (χ1v) is 10.7. The third kappa shape index (κ3) is 6.01. The molecule has 1 aliphatic rings. The quantitative estimate of drug-likeness (QED) is 0.506. The van der Waals surface area contributed by atoms with E-state index < -0.39 is 9.84 Å². The summed E-state index contributed by atoms with van der Waals surface area (Å²) < 4.78 is 23.1. The van der Waals surface area contributed by atoms with E-state index in [9.17, 15) is 13.2 Å². The Morgan fingerprint density at radius 1 is 1.38 bits per heavy atom. The molecule has 1 fully saturated rings. The van der Waals surface area contributed by atoms with E-state index in [4.69, 9.17) is 0 Å². The molecule has 0 aliphatic carbocycles. The molecule has 0 spiro atoms. The van der Waals surface area contributed by atoms with E-state index in [-0.39, 0.29) is 29.5 Å². The minimum atomic E-state index is -2.93. The predicted octanol–water partition coefficient (Wildman–Crippen LogP) is 1.07. The maximum Gasteiger partial charge on any atom is 0.251 e. The number of amides is 1. The first kappa shape index (κ1) is 20.2. The Morgan fingerprint density at radius 2 is 2.15 bits per heavy atom. The van der Waals surface area contributed by atoms with Crippen molar-refractivity contribution in [3.63, 3.8) is 0 Å². The van der Waals surface area contributed by atoms with Crippen molar-refractivity contribution in [3.05, 3.63) is 35.4 Å². The lowest BCUT2D eigenvalue weighted by Crippen LogP contribution is -2.43. The average Bonchev–Trinajstić information content (AvgIpc) is 2.97. The molecule has 2 unspecified atom stereocenters. The van der Waals surface area contributed by atoms with Crippen LogP contribution in [0.3, 0.4) is 0 Å². The molecule has 1 heterocycles. The number of carbonyl (C=O) groups excluding carboxylic acids is 1. The maximum atomic E-state index is 12.2. The fourth-order valence-electron chi connectivity index (χ4n) is 2.71. The minimum absolute atomic E-state index is 0.0835. The standard InChI is InChI=1S/C18H28N4O3S/c1-4-13(2)21-17(23)15-7-5-6-14(10-15)11-20-18(19-3)22-16-8-9-26(24,25)12-16/h5-7,10,13,16H,4,8-9,11-12H2,1-3H3,(H,21,23)(H2,19,20,22). The van der Waals surface area contributed by atoms with Crippen LogP contribution >= 0.6 is 0 Å². The SMILES string of the molecule is CCC(C)NC(=O)c1cccc(CNC(=NC)NC2CCS(=O)(=O)C2)c1. The Morgan fingerprint density at radius 3 is 2.77 bits per heavy atom. The molecule has 0 saturated carbocycles. The van der Waals surface area contributed by atoms with Gasteiger partial charge in [-0.05, 0) is 37.5 Å². The monoisotopic (exact) mass is 380 g/mol. The highest BCUT2D eigenvalue weighted by atomic mass is 32.2. The zero-order valence-electron chi connectivity index (χ0n) is 15.6. The largest absolute Gasteiger partial charge is 0.353 e. The second kappa shape index (κ2) is 9.02. The van der Waals surface area contributed by atoms with Gasteiger partial charge in [0.1, 0.15) is 0 Å². The van der Waals surface area contributed by atoms with E-state index in [1.807, 2.05) is 32.0 Å². The molecule has 0 bridgehead atoms. The van der Waals surface area contributed by atoms with Crippen LogP contribution in [0.25, 0.3) is 0 Å². The number of aliphatic imine (C=N–C) groups is 1. The summed E-state index contributed by atoms with van der Waals surface area (Å²) in [6.07, 6.45) is 1.47. The molecule has 1 aliphatic heterocycles. The smallest absolute Gasteiger partial charge is 0.251 e. The maximum absolute atomic E-state index is 12.2. The molecule has 144 valence electrons. The van der Waals surface area contributed by atoms with Crippen LogP contribution in [0.2, 0.25) is 0 Å². The number of rotatable bonds is 6. The van der Waals surface area contributed by atoms with Crippen LogP contribution in [0.4, 0.5) is 0 Å². The molecule has 0 radical (unpaired) electrons. The second-order valence-electron chi connectivity index (χ2n) is 6.65. The molecule has 1 saturated heterocycles. The van der Waals surface area contributed by atoms with Gasteiger partial charge in [0.15, 0.2) is 15.8 Å². The number of hydrogen-bond donors (Lipinski definition) is 3. The van der Waals surface area contributed by atoms with Crippen molar-refractivity contribution in [1.82, 2.24) is 16.0 Å². The van der Waals surface area contributed by atoms with E-state index in [0.717, 1.165) is 12.0 Å². The van der Waals surface area contributed by atoms with Gasteiger partial charge in [0.2, 0.25) is 0 Å². The topological polar surface area (TPSA) is 99.7 Å². The normalized spacial score (nSPS) is 20.4. The van der Waals surface area contributed by atoms with E-state index in [1.54, 1.807) is 13.1 Å². The zero-order chi connectivity index (χ0) is 19.2. The number of nitrogens with zero attached hydrogens (tertiary/aromatic N) is 1. The van der Waals surface area contributed by atoms with Gasteiger partial charge in [-0.15, -0.1) is 0 Å². The number of sulfone groups is 1. The Kier molecular flexibility index (Phi) is 7.02. The van der Waals surface area contributed by atoms with Crippen LogP contribution in [0.1, 0.15) is 42.6 Å². The van der Waals surface area contributed by atoms with E-state index in [0.29, 0.717) is 24.5 Å². The lowest BCUT2D eigenvalue weighted by atomic mass is 10.1. The lowest BCUT2D eigenvalue weighted by molar-refractivity contribution is 0.0939. The van der Waals surface area contributed by atoms with Crippen molar-refractivity contribution in [2.45, 2.75) is 45.3 Å². The van der Waals surface area contributed by atoms with Crippen molar-refractivity contribution in [1.29, 1.82) is 0 Å². The molecule has 0 aromatic heterocycles. The number of carbonyl (C=O) groups is 1. The number of guanidine groups is 1. The Balaban J connectivity index is 1.91. The number of hydrogen-bond acceptors (Lipinski definition) is 4. The molecule has 1 aromatic carbocycles. The van der Waals surface area contributed by atoms with Crippen molar-refractivity contribution < 1.29 is 13.2 Å². The molecule has 1 amide bonds. The zero-order valence-corrected chi connectivity index (χ0v) is 16.4. The third-order valence-corrected chi connectivity index (χ3v) is 6.20. The lowest BCUT2D eigenvalue weighted by Gasteiger charge is -2.16. The summed E-state index contributed by atoms with van der Waals surface area (Å²) in [5.41, 5.74) is 1.57. The molecule has 7 nitrogen and oxygen atoms in total. The second-order valence-corrected chi connectivity index (χ2v) is 8.88. The Bertz CT molecular complexity index is 761. The van der Waals surface area contributed by atoms with Gasteiger partial charge in [-0.1, -0.05) is 19.1 Å².